The minimum atomic E-state index is -0.0831. The van der Waals surface area contributed by atoms with Gasteiger partial charge in [-0.25, -0.2) is 4.98 Å². The highest BCUT2D eigenvalue weighted by Crippen LogP contribution is 2.27. The monoisotopic (exact) mass is 344 g/mol. The van der Waals surface area contributed by atoms with Crippen LogP contribution in [0.4, 0.5) is 0 Å². The zero-order valence-corrected chi connectivity index (χ0v) is 14.3. The zero-order valence-electron chi connectivity index (χ0n) is 13.5. The topological polar surface area (TPSA) is 42.0 Å². The van der Waals surface area contributed by atoms with E-state index in [1.807, 2.05) is 78.2 Å². The fourth-order valence-electron chi connectivity index (χ4n) is 2.79. The molecule has 0 aliphatic carbocycles. The number of para-hydroxylation sites is 1. The van der Waals surface area contributed by atoms with Gasteiger partial charge in [-0.2, -0.15) is 0 Å². The molecule has 3 nitrogen and oxygen atoms in total. The first-order valence-electron chi connectivity index (χ1n) is 8.07. The normalized spacial score (nSPS) is 10.7. The highest BCUT2D eigenvalue weighted by atomic mass is 32.1. The summed E-state index contributed by atoms with van der Waals surface area (Å²) in [6, 6.07) is 23.6. The number of nitrogens with one attached hydrogen (secondary N) is 1. The molecule has 1 N–H and O–H groups in total. The molecule has 0 aliphatic heterocycles. The summed E-state index contributed by atoms with van der Waals surface area (Å²) in [5, 5.41) is 5.90. The molecule has 0 bridgehead atoms. The van der Waals surface area contributed by atoms with E-state index < -0.39 is 0 Å². The molecule has 0 unspecified atom stereocenters. The third-order valence-electron chi connectivity index (χ3n) is 4.03. The number of thiophene rings is 1. The molecule has 0 spiro atoms. The number of nitrogens with zero attached hydrogens (tertiary/aromatic N) is 1. The molecule has 0 saturated carbocycles. The van der Waals surface area contributed by atoms with E-state index in [9.17, 15) is 4.79 Å². The molecule has 2 aromatic heterocycles. The Bertz CT molecular complexity index is 1010. The maximum absolute atomic E-state index is 12.8. The van der Waals surface area contributed by atoms with Crippen molar-refractivity contribution in [3.63, 3.8) is 0 Å². The van der Waals surface area contributed by atoms with Crippen LogP contribution >= 0.6 is 11.3 Å². The Balaban J connectivity index is 1.71. The summed E-state index contributed by atoms with van der Waals surface area (Å²) in [5.41, 5.74) is 3.40. The largest absolute Gasteiger partial charge is 0.348 e. The van der Waals surface area contributed by atoms with E-state index in [0.717, 1.165) is 27.0 Å². The number of aromatic nitrogens is 1. The van der Waals surface area contributed by atoms with Gasteiger partial charge < -0.3 is 5.32 Å². The molecule has 0 fully saturated rings. The second-order valence-electron chi connectivity index (χ2n) is 5.72. The lowest BCUT2D eigenvalue weighted by Crippen LogP contribution is -2.23. The highest BCUT2D eigenvalue weighted by molar-refractivity contribution is 7.13. The van der Waals surface area contributed by atoms with Crippen LogP contribution in [0, 0.1) is 0 Å². The lowest BCUT2D eigenvalue weighted by molar-refractivity contribution is 0.0952. The third-order valence-corrected chi connectivity index (χ3v) is 4.92. The summed E-state index contributed by atoms with van der Waals surface area (Å²) in [5.74, 6) is -0.0831. The van der Waals surface area contributed by atoms with Gasteiger partial charge in [0.05, 0.1) is 21.7 Å². The predicted molar refractivity (Wildman–Crippen MR) is 103 cm³/mol. The van der Waals surface area contributed by atoms with Crippen molar-refractivity contribution >= 4 is 28.1 Å². The number of amides is 1. The molecule has 122 valence electrons. The minimum Gasteiger partial charge on any atom is -0.348 e. The van der Waals surface area contributed by atoms with Crippen LogP contribution in [0.3, 0.4) is 0 Å². The fourth-order valence-corrected chi connectivity index (χ4v) is 3.47. The Kier molecular flexibility index (Phi) is 4.27. The average Bonchev–Trinajstić information content (AvgIpc) is 3.21. The third kappa shape index (κ3) is 3.30. The van der Waals surface area contributed by atoms with E-state index in [-0.39, 0.29) is 5.91 Å². The number of benzene rings is 2. The second-order valence-corrected chi connectivity index (χ2v) is 6.67. The van der Waals surface area contributed by atoms with Gasteiger partial charge in [-0.1, -0.05) is 54.6 Å². The van der Waals surface area contributed by atoms with Crippen molar-refractivity contribution in [2.45, 2.75) is 6.54 Å². The maximum atomic E-state index is 12.8. The van der Waals surface area contributed by atoms with Crippen LogP contribution in [0.25, 0.3) is 21.5 Å². The van der Waals surface area contributed by atoms with Crippen LogP contribution < -0.4 is 5.32 Å². The molecular weight excluding hydrogens is 328 g/mol. The number of carbonyl (C=O) groups excluding carboxylic acids is 1. The highest BCUT2D eigenvalue weighted by Gasteiger charge is 2.14. The Labute approximate surface area is 150 Å². The molecule has 0 radical (unpaired) electrons. The Morgan fingerprint density at radius 3 is 2.56 bits per heavy atom. The number of carbonyl (C=O) groups is 1. The van der Waals surface area contributed by atoms with Gasteiger partial charge in [-0.05, 0) is 29.1 Å². The van der Waals surface area contributed by atoms with E-state index in [4.69, 9.17) is 4.98 Å². The van der Waals surface area contributed by atoms with Crippen molar-refractivity contribution in [3.8, 4) is 10.6 Å². The van der Waals surface area contributed by atoms with Gasteiger partial charge >= 0.3 is 0 Å². The van der Waals surface area contributed by atoms with Crippen molar-refractivity contribution in [2.24, 2.45) is 0 Å². The van der Waals surface area contributed by atoms with Gasteiger partial charge in [0.15, 0.2) is 0 Å². The molecule has 2 heterocycles. The first-order chi connectivity index (χ1) is 12.3. The van der Waals surface area contributed by atoms with Crippen LogP contribution in [0.2, 0.25) is 0 Å². The second kappa shape index (κ2) is 6.87. The molecule has 0 saturated heterocycles. The number of hydrogen-bond donors (Lipinski definition) is 1. The number of rotatable bonds is 4. The Morgan fingerprint density at radius 1 is 0.960 bits per heavy atom. The fraction of sp³-hybridized carbons (Fsp3) is 0.0476. The molecular formula is C21H16N2OS. The summed E-state index contributed by atoms with van der Waals surface area (Å²) in [6.07, 6.45) is 0. The van der Waals surface area contributed by atoms with Crippen LogP contribution in [-0.4, -0.2) is 10.9 Å². The van der Waals surface area contributed by atoms with Crippen molar-refractivity contribution < 1.29 is 4.79 Å². The summed E-state index contributed by atoms with van der Waals surface area (Å²) in [7, 11) is 0. The molecule has 2 aromatic carbocycles. The first kappa shape index (κ1) is 15.5. The average molecular weight is 344 g/mol. The van der Waals surface area contributed by atoms with E-state index in [2.05, 4.69) is 5.32 Å². The van der Waals surface area contributed by atoms with Crippen molar-refractivity contribution in [1.82, 2.24) is 10.3 Å². The standard InChI is InChI=1S/C21H16N2OS/c24-21(22-14-15-7-2-1-3-8-15)17-13-19(20-11-6-12-25-20)23-18-10-5-4-9-16(17)18/h1-13H,14H2,(H,22,24). The summed E-state index contributed by atoms with van der Waals surface area (Å²) in [4.78, 5) is 18.6. The van der Waals surface area contributed by atoms with Gasteiger partial charge in [0.2, 0.25) is 0 Å². The van der Waals surface area contributed by atoms with Gasteiger partial charge in [0.25, 0.3) is 5.91 Å². The number of pyridine rings is 1. The van der Waals surface area contributed by atoms with Gasteiger partial charge in [-0.15, -0.1) is 11.3 Å². The van der Waals surface area contributed by atoms with Crippen LogP contribution in [0.5, 0.6) is 0 Å². The smallest absolute Gasteiger partial charge is 0.252 e. The quantitative estimate of drug-likeness (QED) is 0.572. The first-order valence-corrected chi connectivity index (χ1v) is 8.95. The van der Waals surface area contributed by atoms with Crippen LogP contribution in [0.1, 0.15) is 15.9 Å². The van der Waals surface area contributed by atoms with Crippen LogP contribution in [0.15, 0.2) is 78.2 Å². The Hall–Kier alpha value is -2.98. The maximum Gasteiger partial charge on any atom is 0.252 e. The van der Waals surface area contributed by atoms with Crippen molar-refractivity contribution in [2.75, 3.05) is 0 Å². The van der Waals surface area contributed by atoms with E-state index in [1.165, 1.54) is 0 Å². The van der Waals surface area contributed by atoms with E-state index in [1.54, 1.807) is 11.3 Å². The number of hydrogen-bond acceptors (Lipinski definition) is 3. The van der Waals surface area contributed by atoms with E-state index in [0.29, 0.717) is 12.1 Å². The van der Waals surface area contributed by atoms with Crippen LogP contribution in [-0.2, 0) is 6.54 Å². The number of fused-ring (bicyclic) bond motifs is 1. The van der Waals surface area contributed by atoms with Gasteiger partial charge in [0, 0.05) is 11.9 Å². The van der Waals surface area contributed by atoms with Gasteiger partial charge in [-0.3, -0.25) is 4.79 Å². The Morgan fingerprint density at radius 2 is 1.76 bits per heavy atom. The van der Waals surface area contributed by atoms with Gasteiger partial charge in [0.1, 0.15) is 0 Å². The predicted octanol–water partition coefficient (Wildman–Crippen LogP) is 4.89. The summed E-state index contributed by atoms with van der Waals surface area (Å²) in [6.45, 7) is 0.505. The lowest BCUT2D eigenvalue weighted by atomic mass is 10.1. The summed E-state index contributed by atoms with van der Waals surface area (Å²) < 4.78 is 0. The van der Waals surface area contributed by atoms with E-state index >= 15 is 0 Å². The molecule has 25 heavy (non-hydrogen) atoms. The summed E-state index contributed by atoms with van der Waals surface area (Å²) >= 11 is 1.62. The SMILES string of the molecule is O=C(NCc1ccccc1)c1cc(-c2cccs2)nc2ccccc12. The zero-order chi connectivity index (χ0) is 17.1. The molecule has 0 atom stereocenters. The molecule has 4 aromatic rings. The molecule has 0 aliphatic rings. The van der Waals surface area contributed by atoms with Crippen molar-refractivity contribution in [1.29, 1.82) is 0 Å². The molecule has 4 rings (SSSR count). The molecule has 4 heteroatoms. The molecule has 1 amide bonds. The lowest BCUT2D eigenvalue weighted by Gasteiger charge is -2.10. The minimum absolute atomic E-state index is 0.0831. The van der Waals surface area contributed by atoms with Crippen molar-refractivity contribution in [3.05, 3.63) is 89.3 Å².